The molecule has 20 aliphatic rings. The van der Waals surface area contributed by atoms with Gasteiger partial charge in [0.05, 0.1) is 65.6 Å². The second kappa shape index (κ2) is 34.6. The highest BCUT2D eigenvalue weighted by molar-refractivity contribution is 5.87. The van der Waals surface area contributed by atoms with Gasteiger partial charge in [0.2, 0.25) is 0 Å². The van der Waals surface area contributed by atoms with Crippen molar-refractivity contribution in [1.29, 1.82) is 0 Å². The van der Waals surface area contributed by atoms with Crippen LogP contribution in [0.3, 0.4) is 0 Å². The van der Waals surface area contributed by atoms with E-state index in [1.807, 2.05) is 20.8 Å². The van der Waals surface area contributed by atoms with E-state index in [0.29, 0.717) is 130 Å². The van der Waals surface area contributed by atoms with Gasteiger partial charge in [-0.05, 0) is 438 Å². The van der Waals surface area contributed by atoms with E-state index in [0.717, 1.165) is 153 Å². The molecule has 20 rings (SSSR count). The van der Waals surface area contributed by atoms with Crippen LogP contribution in [-0.2, 0) is 33.3 Å². The molecule has 2 aliphatic heterocycles. The summed E-state index contributed by atoms with van der Waals surface area (Å²) in [5, 5.41) is 97.1. The first-order chi connectivity index (χ1) is 59.5. The minimum Gasteiger partial charge on any atom is -0.466 e. The zero-order valence-electron chi connectivity index (χ0n) is 85.4. The van der Waals surface area contributed by atoms with Gasteiger partial charge in [0, 0.05) is 38.6 Å². The van der Waals surface area contributed by atoms with Crippen LogP contribution in [0.15, 0.2) is 0 Å². The second-order valence-corrected chi connectivity index (χ2v) is 54.7. The van der Waals surface area contributed by atoms with Crippen LogP contribution in [0.5, 0.6) is 0 Å². The lowest BCUT2D eigenvalue weighted by Crippen LogP contribution is -2.64. The van der Waals surface area contributed by atoms with Crippen molar-refractivity contribution in [3.63, 3.8) is 0 Å². The Labute approximate surface area is 776 Å². The molecule has 9 N–H and O–H groups in total. The highest BCUT2D eigenvalue weighted by Gasteiger charge is 2.74. The lowest BCUT2D eigenvalue weighted by atomic mass is 9.42. The first kappa shape index (κ1) is 99.6. The molecule has 0 radical (unpaired) electrons. The van der Waals surface area contributed by atoms with Crippen LogP contribution >= 0.6 is 0 Å². The molecule has 0 aromatic heterocycles. The molecule has 16 heteroatoms. The smallest absolute Gasteiger partial charge is 0.302 e. The average Bonchev–Trinajstić information content (AvgIpc) is 1.51. The van der Waals surface area contributed by atoms with Crippen molar-refractivity contribution in [2.45, 2.75) is 462 Å². The fourth-order valence-corrected chi connectivity index (χ4v) is 38.7. The van der Waals surface area contributed by atoms with Crippen molar-refractivity contribution in [2.75, 3.05) is 26.4 Å². The number of rotatable bonds is 7. The maximum absolute atomic E-state index is 12.8. The van der Waals surface area contributed by atoms with Gasteiger partial charge in [-0.3, -0.25) is 9.59 Å². The molecule has 0 aromatic carbocycles. The maximum atomic E-state index is 12.8. The fourth-order valence-electron chi connectivity index (χ4n) is 38.7. The number of ether oxygens (including phenoxy) is 5. The normalized spacial score (nSPS) is 57.6. The minimum atomic E-state index is -0.633. The van der Waals surface area contributed by atoms with Crippen LogP contribution in [0.2, 0.25) is 0 Å². The van der Waals surface area contributed by atoms with Gasteiger partial charge in [0.15, 0.2) is 11.6 Å². The monoisotopic (exact) mass is 1790 g/mol. The molecule has 0 bridgehead atoms. The van der Waals surface area contributed by atoms with E-state index in [-0.39, 0.29) is 117 Å². The van der Waals surface area contributed by atoms with E-state index < -0.39 is 46.2 Å². The Bertz CT molecular complexity index is 3910. The highest BCUT2D eigenvalue weighted by Crippen LogP contribution is 2.75. The summed E-state index contributed by atoms with van der Waals surface area (Å²) >= 11 is 0. The van der Waals surface area contributed by atoms with Crippen LogP contribution in [0.25, 0.3) is 0 Å². The highest BCUT2D eigenvalue weighted by atomic mass is 16.8. The molecule has 0 amide bonds. The summed E-state index contributed by atoms with van der Waals surface area (Å²) in [7, 11) is 0. The molecule has 2 saturated heterocycles. The zero-order chi connectivity index (χ0) is 93.2. The van der Waals surface area contributed by atoms with Gasteiger partial charge in [0.1, 0.15) is 5.78 Å². The predicted molar refractivity (Wildman–Crippen MR) is 503 cm³/mol. The summed E-state index contributed by atoms with van der Waals surface area (Å²) in [5.74, 6) is 11.9. The first-order valence-corrected chi connectivity index (χ1v) is 54.0. The summed E-state index contributed by atoms with van der Waals surface area (Å²) < 4.78 is 32.0. The van der Waals surface area contributed by atoms with E-state index >= 15 is 0 Å². The largest absolute Gasteiger partial charge is 0.466 e. The van der Waals surface area contributed by atoms with Gasteiger partial charge in [0.25, 0.3) is 0 Å². The number of carbonyl (C=O) groups excluding carboxylic acids is 2. The van der Waals surface area contributed by atoms with Crippen LogP contribution in [0.1, 0.15) is 391 Å². The van der Waals surface area contributed by atoms with Crippen molar-refractivity contribution < 1.29 is 79.2 Å². The molecule has 45 atom stereocenters. The van der Waals surface area contributed by atoms with Gasteiger partial charge < -0.3 is 69.6 Å². The average molecular weight is 1790 g/mol. The number of carbonyl (C=O) groups is 2. The number of ketones is 1. The number of aliphatic hydroxyl groups is 9. The zero-order valence-corrected chi connectivity index (χ0v) is 85.4. The number of hydrogen-bond acceptors (Lipinski definition) is 16. The SMILES string of the molecule is CC(=O)OC[C@H]1C[C@@H](C)CC[C@]1(C)[C@H]1CC[C@@]2(C)[C@@H](CC[C@]2(C)O)[C@@H]1CO.C[C@H]1CC[C@@]2(C)[C@H](C1)[C@@H](O)[C@H](O)C1[C@@H]2CC[C@@]2(C)[C@H]1CC[C@]2(C)O.C[C@H]1CC[C@@]2(C)[C@H](C1)[C@H]1OC(C)(C)O[C@@H]1C1[C@@H]2CC[C@@]2(C)[C@H]1CC[C@]2(C)O.C[C@H]1CC[C@@]2(C)[C@H](C1)[C@H]1OC(C)(C)O[C@@H]1C1[C@@H]2CC[C@]2(C)C(=O)CC[C@@H]12.C[C@H]1CC[C@](C)([C@H]2CC[C@@]3(C)[C@@H](CC[C@]3(C)O)[C@@H]2CO)[C@@H](CO)C1. The molecular formula is C112H190O16. The van der Waals surface area contributed by atoms with Gasteiger partial charge in [-0.15, -0.1) is 0 Å². The maximum Gasteiger partial charge on any atom is 0.302 e. The Balaban J connectivity index is 0.000000118. The quantitative estimate of drug-likeness (QED) is 0.107. The van der Waals surface area contributed by atoms with Crippen LogP contribution in [0.4, 0.5) is 0 Å². The summed E-state index contributed by atoms with van der Waals surface area (Å²) in [6.07, 6.45) is 38.6. The number of fused-ring (bicyclic) bond motifs is 23. The molecule has 18 aliphatic carbocycles. The summed E-state index contributed by atoms with van der Waals surface area (Å²) in [6.45, 7) is 54.6. The third kappa shape index (κ3) is 15.9. The Kier molecular flexibility index (Phi) is 26.9. The van der Waals surface area contributed by atoms with Gasteiger partial charge in [-0.2, -0.15) is 0 Å². The van der Waals surface area contributed by atoms with E-state index in [9.17, 15) is 55.5 Å². The number of aliphatic hydroxyl groups excluding tert-OH is 5. The van der Waals surface area contributed by atoms with Gasteiger partial charge >= 0.3 is 5.97 Å². The van der Waals surface area contributed by atoms with E-state index in [1.54, 1.807) is 0 Å². The van der Waals surface area contributed by atoms with Crippen molar-refractivity contribution in [2.24, 2.45) is 202 Å². The second-order valence-electron chi connectivity index (χ2n) is 54.7. The molecule has 0 aromatic rings. The Morgan fingerprint density at radius 3 is 1.04 bits per heavy atom. The molecule has 18 saturated carbocycles. The van der Waals surface area contributed by atoms with E-state index in [1.165, 1.54) is 96.8 Å². The lowest BCUT2D eigenvalue weighted by molar-refractivity contribution is -0.227. The molecule has 20 fully saturated rings. The Morgan fingerprint density at radius 1 is 0.320 bits per heavy atom. The van der Waals surface area contributed by atoms with Crippen molar-refractivity contribution >= 4 is 11.8 Å². The molecule has 0 spiro atoms. The van der Waals surface area contributed by atoms with Crippen LogP contribution < -0.4 is 0 Å². The van der Waals surface area contributed by atoms with Crippen LogP contribution in [-0.4, -0.2) is 155 Å². The molecule has 128 heavy (non-hydrogen) atoms. The molecule has 16 nitrogen and oxygen atoms in total. The number of esters is 1. The van der Waals surface area contributed by atoms with Crippen molar-refractivity contribution in [1.82, 2.24) is 0 Å². The fraction of sp³-hybridized carbons (Fsp3) is 0.982. The first-order valence-electron chi connectivity index (χ1n) is 54.0. The third-order valence-electron chi connectivity index (χ3n) is 47.9. The third-order valence-corrected chi connectivity index (χ3v) is 47.9. The summed E-state index contributed by atoms with van der Waals surface area (Å²) in [5.41, 5.74) is -1.65. The van der Waals surface area contributed by atoms with Crippen LogP contribution in [0, 0.1) is 202 Å². The topological polar surface area (TPSA) is 262 Å². The minimum absolute atomic E-state index is 0.0277. The Morgan fingerprint density at radius 2 is 0.633 bits per heavy atom. The number of Topliss-reactive ketones (excluding diaryl/α,β-unsaturated/α-hetero) is 1. The molecule has 3 unspecified atom stereocenters. The van der Waals surface area contributed by atoms with Gasteiger partial charge in [-0.25, -0.2) is 0 Å². The van der Waals surface area contributed by atoms with E-state index in [2.05, 4.69) is 138 Å². The van der Waals surface area contributed by atoms with Crippen molar-refractivity contribution in [3.8, 4) is 0 Å². The Hall–Kier alpha value is -1.38. The predicted octanol–water partition coefficient (Wildman–Crippen LogP) is 21.3. The summed E-state index contributed by atoms with van der Waals surface area (Å²) in [6, 6.07) is 0. The molecule has 734 valence electrons. The standard InChI is InChI=1S/C24H40O3.C23H40O4.C23H36O3.C21H36O3.C21H38O3/c1-14-7-10-22(4)15-8-11-23(5)16(9-12-24(23,6)25)18(15)20-19(17(22)13-14)26-21(2,3)27-20;1-15-6-9-21(3,17(12-15)14-27-16(2)25)19-7-10-22(4)20(18(19)13-24)8-11-23(22,5)26;1-13-8-10-22(4)15-9-11-23(5)14(6-7-17(23)24)18(15)20-19(16(22)12-13)25-21(2,3)26-20;1-12-5-8-19(2)13-6-9-20(3)14(7-10-21(20,4)24)16(13)18(23)17(22)15(19)11-12;1-14-5-8-19(2,15(11-14)12-22)17-6-9-20(3)18(16(17)13-23)7-10-21(20,4)24/h14-20,25H,7-13H2,1-6H3;15,17-20,24,26H,6-14H2,1-5H3;13-16,18-20H,6-12H2,1-5H3;12-18,22-24H,5-11H2,1-4H3;14-18,22-24H,5-13H2,1-4H3/t14-,15-,16-,17+,18?,19+,20+,22+,23-,24-;15-,17+,18+,19-,20-,21-,22-,23-;13-,14-,15-,16+,18?,19+,20+,22+,23-;12-,13-,14-,15+,16?,17+,18+,19+,20-,21-;14-,15+,16+,17-,18-,19-,20-,21-/m00000/s1. The van der Waals surface area contributed by atoms with E-state index in [4.69, 9.17) is 23.7 Å². The molecule has 2 heterocycles. The van der Waals surface area contributed by atoms with Crippen molar-refractivity contribution in [3.05, 3.63) is 0 Å². The lowest BCUT2D eigenvalue weighted by Gasteiger charge is -2.64. The molecular weight excluding hydrogens is 1600 g/mol. The van der Waals surface area contributed by atoms with Gasteiger partial charge in [-0.1, -0.05) is 136 Å². The number of hydrogen-bond donors (Lipinski definition) is 9. The summed E-state index contributed by atoms with van der Waals surface area (Å²) in [4.78, 5) is 24.2.